The second-order valence-corrected chi connectivity index (χ2v) is 6.11. The molecule has 7 heteroatoms. The number of ether oxygens (including phenoxy) is 1. The van der Waals surface area contributed by atoms with Crippen molar-refractivity contribution in [3.63, 3.8) is 0 Å². The Morgan fingerprint density at radius 1 is 1.27 bits per heavy atom. The monoisotopic (exact) mass is 344 g/mol. The molecule has 1 aliphatic rings. The molecular weight excluding hydrogens is 327 g/mol. The van der Waals surface area contributed by atoms with E-state index in [9.17, 15) is 9.59 Å². The molecule has 0 unspecified atom stereocenters. The van der Waals surface area contributed by atoms with Crippen LogP contribution in [0.3, 0.4) is 0 Å². The van der Waals surface area contributed by atoms with Crippen LogP contribution in [-0.4, -0.2) is 32.1 Å². The third kappa shape index (κ3) is 3.91. The molecule has 2 rings (SSSR count). The van der Waals surface area contributed by atoms with Crippen LogP contribution in [0.15, 0.2) is 18.2 Å². The van der Waals surface area contributed by atoms with Crippen molar-refractivity contribution >= 4 is 40.7 Å². The topological polar surface area (TPSA) is 67.4 Å². The summed E-state index contributed by atoms with van der Waals surface area (Å²) in [7, 11) is 1.60. The summed E-state index contributed by atoms with van der Waals surface area (Å²) >= 11 is 11.8. The molecule has 0 bridgehead atoms. The molecule has 0 aromatic heterocycles. The van der Waals surface area contributed by atoms with Gasteiger partial charge in [-0.3, -0.25) is 9.59 Å². The third-order valence-corrected chi connectivity index (χ3v) is 4.16. The smallest absolute Gasteiger partial charge is 0.240 e. The van der Waals surface area contributed by atoms with Crippen LogP contribution < -0.4 is 10.6 Å². The Labute approximate surface area is 139 Å². The summed E-state index contributed by atoms with van der Waals surface area (Å²) in [5.41, 5.74) is -0.523. The number of rotatable bonds is 7. The number of anilines is 1. The van der Waals surface area contributed by atoms with Crippen molar-refractivity contribution in [2.75, 3.05) is 25.6 Å². The predicted molar refractivity (Wildman–Crippen MR) is 86.3 cm³/mol. The lowest BCUT2D eigenvalue weighted by Gasteiger charge is -2.16. The maximum absolute atomic E-state index is 12.4. The number of carbonyl (C=O) groups excluding carboxylic acids is 2. The lowest BCUT2D eigenvalue weighted by molar-refractivity contribution is -0.134. The van der Waals surface area contributed by atoms with Crippen molar-refractivity contribution in [1.82, 2.24) is 5.32 Å². The minimum atomic E-state index is -0.976. The van der Waals surface area contributed by atoms with Crippen LogP contribution in [0.2, 0.25) is 10.0 Å². The van der Waals surface area contributed by atoms with Crippen molar-refractivity contribution in [3.05, 3.63) is 28.2 Å². The van der Waals surface area contributed by atoms with E-state index in [0.717, 1.165) is 0 Å². The lowest BCUT2D eigenvalue weighted by atomic mass is 10.0. The summed E-state index contributed by atoms with van der Waals surface area (Å²) in [5, 5.41) is 6.32. The molecule has 0 heterocycles. The molecule has 22 heavy (non-hydrogen) atoms. The van der Waals surface area contributed by atoms with E-state index in [2.05, 4.69) is 10.6 Å². The molecule has 0 atom stereocenters. The molecule has 5 nitrogen and oxygen atoms in total. The van der Waals surface area contributed by atoms with E-state index in [4.69, 9.17) is 27.9 Å². The number of hydrogen-bond acceptors (Lipinski definition) is 3. The van der Waals surface area contributed by atoms with Gasteiger partial charge in [0.25, 0.3) is 0 Å². The van der Waals surface area contributed by atoms with E-state index >= 15 is 0 Å². The molecular formula is C15H18Cl2N2O3. The molecule has 0 saturated heterocycles. The van der Waals surface area contributed by atoms with Crippen molar-refractivity contribution in [2.24, 2.45) is 5.41 Å². The lowest BCUT2D eigenvalue weighted by Crippen LogP contribution is -2.40. The van der Waals surface area contributed by atoms with Crippen LogP contribution in [0.5, 0.6) is 0 Å². The fourth-order valence-electron chi connectivity index (χ4n) is 2.10. The molecule has 1 aromatic rings. The fraction of sp³-hybridized carbons (Fsp3) is 0.467. The van der Waals surface area contributed by atoms with Crippen LogP contribution in [0, 0.1) is 5.41 Å². The normalized spacial score (nSPS) is 15.2. The first kappa shape index (κ1) is 17.1. The van der Waals surface area contributed by atoms with Crippen LogP contribution >= 0.6 is 23.2 Å². The first-order valence-corrected chi connectivity index (χ1v) is 7.79. The second kappa shape index (κ2) is 7.31. The second-order valence-electron chi connectivity index (χ2n) is 5.26. The van der Waals surface area contributed by atoms with E-state index in [0.29, 0.717) is 48.1 Å². The van der Waals surface area contributed by atoms with Gasteiger partial charge < -0.3 is 15.4 Å². The summed E-state index contributed by atoms with van der Waals surface area (Å²) in [6, 6.07) is 4.80. The summed E-state index contributed by atoms with van der Waals surface area (Å²) in [4.78, 5) is 24.6. The number of hydrogen-bond donors (Lipinski definition) is 2. The summed E-state index contributed by atoms with van der Waals surface area (Å²) in [6.45, 7) is 1.06. The zero-order valence-electron chi connectivity index (χ0n) is 12.2. The van der Waals surface area contributed by atoms with Gasteiger partial charge in [-0.05, 0) is 37.5 Å². The minimum absolute atomic E-state index is 0.244. The highest BCUT2D eigenvalue weighted by Gasteiger charge is 2.56. The van der Waals surface area contributed by atoms with Gasteiger partial charge in [-0.1, -0.05) is 23.2 Å². The Kier molecular flexibility index (Phi) is 5.67. The number of benzene rings is 1. The first-order valence-electron chi connectivity index (χ1n) is 7.03. The largest absolute Gasteiger partial charge is 0.385 e. The standard InChI is InChI=1S/C15H18Cl2N2O3/c1-22-8-2-7-18-13(20)15(5-6-15)14(21)19-12-4-3-10(16)9-11(12)17/h3-4,9H,2,5-8H2,1H3,(H,18,20)(H,19,21). The van der Waals surface area contributed by atoms with Crippen molar-refractivity contribution in [3.8, 4) is 0 Å². The fourth-order valence-corrected chi connectivity index (χ4v) is 2.56. The Hall–Kier alpha value is -1.30. The van der Waals surface area contributed by atoms with E-state index in [1.165, 1.54) is 0 Å². The SMILES string of the molecule is COCCCNC(=O)C1(C(=O)Nc2ccc(Cl)cc2Cl)CC1. The number of carbonyl (C=O) groups is 2. The van der Waals surface area contributed by atoms with Crippen molar-refractivity contribution < 1.29 is 14.3 Å². The molecule has 1 fully saturated rings. The molecule has 2 N–H and O–H groups in total. The van der Waals surface area contributed by atoms with Gasteiger partial charge in [0.15, 0.2) is 0 Å². The Morgan fingerprint density at radius 2 is 2.00 bits per heavy atom. The van der Waals surface area contributed by atoms with Gasteiger partial charge in [0, 0.05) is 25.3 Å². The summed E-state index contributed by atoms with van der Waals surface area (Å²) in [5.74, 6) is -0.577. The van der Waals surface area contributed by atoms with Crippen molar-refractivity contribution in [1.29, 1.82) is 0 Å². The Bertz CT molecular complexity index is 574. The van der Waals surface area contributed by atoms with Gasteiger partial charge in [0.05, 0.1) is 10.7 Å². The first-order chi connectivity index (χ1) is 10.5. The quantitative estimate of drug-likeness (QED) is 0.590. The molecule has 1 aromatic carbocycles. The number of amides is 2. The van der Waals surface area contributed by atoms with Crippen LogP contribution in [-0.2, 0) is 14.3 Å². The van der Waals surface area contributed by atoms with E-state index in [1.54, 1.807) is 25.3 Å². The number of methoxy groups -OCH3 is 1. The van der Waals surface area contributed by atoms with Crippen molar-refractivity contribution in [2.45, 2.75) is 19.3 Å². The molecule has 0 radical (unpaired) electrons. The predicted octanol–water partition coefficient (Wildman–Crippen LogP) is 2.86. The molecule has 2 amide bonds. The highest BCUT2D eigenvalue weighted by molar-refractivity contribution is 6.36. The maximum atomic E-state index is 12.4. The molecule has 1 saturated carbocycles. The third-order valence-electron chi connectivity index (χ3n) is 3.61. The van der Waals surface area contributed by atoms with Gasteiger partial charge >= 0.3 is 0 Å². The minimum Gasteiger partial charge on any atom is -0.385 e. The van der Waals surface area contributed by atoms with E-state index in [-0.39, 0.29) is 11.8 Å². The molecule has 0 aliphatic heterocycles. The van der Waals surface area contributed by atoms with Gasteiger partial charge in [-0.15, -0.1) is 0 Å². The van der Waals surface area contributed by atoms with Gasteiger partial charge in [0.1, 0.15) is 5.41 Å². The van der Waals surface area contributed by atoms with E-state index in [1.807, 2.05) is 0 Å². The van der Waals surface area contributed by atoms with Crippen LogP contribution in [0.25, 0.3) is 0 Å². The number of halogens is 2. The van der Waals surface area contributed by atoms with Gasteiger partial charge in [-0.25, -0.2) is 0 Å². The molecule has 1 aliphatic carbocycles. The average Bonchev–Trinajstić information content (AvgIpc) is 3.28. The van der Waals surface area contributed by atoms with Crippen LogP contribution in [0.4, 0.5) is 5.69 Å². The number of nitrogens with one attached hydrogen (secondary N) is 2. The average molecular weight is 345 g/mol. The Morgan fingerprint density at radius 3 is 2.59 bits per heavy atom. The highest BCUT2D eigenvalue weighted by atomic mass is 35.5. The zero-order chi connectivity index (χ0) is 16.2. The van der Waals surface area contributed by atoms with Gasteiger partial charge in [-0.2, -0.15) is 0 Å². The molecule has 0 spiro atoms. The molecule has 120 valence electrons. The summed E-state index contributed by atoms with van der Waals surface area (Å²) < 4.78 is 4.92. The highest BCUT2D eigenvalue weighted by Crippen LogP contribution is 2.47. The Balaban J connectivity index is 1.95. The zero-order valence-corrected chi connectivity index (χ0v) is 13.8. The van der Waals surface area contributed by atoms with Gasteiger partial charge in [0.2, 0.25) is 11.8 Å². The van der Waals surface area contributed by atoms with E-state index < -0.39 is 5.41 Å². The van der Waals surface area contributed by atoms with Crippen LogP contribution in [0.1, 0.15) is 19.3 Å². The summed E-state index contributed by atoms with van der Waals surface area (Å²) in [6.07, 6.45) is 1.79. The maximum Gasteiger partial charge on any atom is 0.240 e.